The van der Waals surface area contributed by atoms with Crippen molar-refractivity contribution in [2.75, 3.05) is 31.6 Å². The Labute approximate surface area is 177 Å². The van der Waals surface area contributed by atoms with Crippen LogP contribution in [0.1, 0.15) is 5.56 Å². The summed E-state index contributed by atoms with van der Waals surface area (Å²) in [6, 6.07) is 28.2. The fourth-order valence-electron chi connectivity index (χ4n) is 3.65. The molecule has 0 saturated carbocycles. The maximum atomic E-state index is 12.3. The first-order valence-corrected chi connectivity index (χ1v) is 10.3. The quantitative estimate of drug-likeness (QED) is 0.645. The molecular weight excluding hydrogens is 374 g/mol. The van der Waals surface area contributed by atoms with Gasteiger partial charge in [-0.1, -0.05) is 72.8 Å². The van der Waals surface area contributed by atoms with E-state index in [1.165, 1.54) is 5.56 Å². The summed E-state index contributed by atoms with van der Waals surface area (Å²) < 4.78 is 5.83. The van der Waals surface area contributed by atoms with Crippen LogP contribution in [0.4, 0.5) is 10.5 Å². The van der Waals surface area contributed by atoms with E-state index in [9.17, 15) is 4.79 Å². The van der Waals surface area contributed by atoms with E-state index in [1.807, 2.05) is 48.5 Å². The average Bonchev–Trinajstić information content (AvgIpc) is 2.80. The molecule has 1 heterocycles. The monoisotopic (exact) mass is 401 g/mol. The number of hydrogen-bond donors (Lipinski definition) is 2. The van der Waals surface area contributed by atoms with Crippen LogP contribution in [0.3, 0.4) is 0 Å². The van der Waals surface area contributed by atoms with Gasteiger partial charge < -0.3 is 15.4 Å². The molecule has 154 valence electrons. The largest absolute Gasteiger partial charge is 0.374 e. The molecule has 1 saturated heterocycles. The molecule has 3 aromatic rings. The number of hydrogen-bond acceptors (Lipinski definition) is 3. The molecule has 4 rings (SSSR count). The molecule has 0 radical (unpaired) electrons. The van der Waals surface area contributed by atoms with Crippen molar-refractivity contribution in [1.29, 1.82) is 0 Å². The number of morpholine rings is 1. The normalized spacial score (nSPS) is 16.7. The molecule has 30 heavy (non-hydrogen) atoms. The van der Waals surface area contributed by atoms with Gasteiger partial charge in [0.15, 0.2) is 0 Å². The van der Waals surface area contributed by atoms with Gasteiger partial charge in [0, 0.05) is 31.9 Å². The number of rotatable bonds is 6. The van der Waals surface area contributed by atoms with Crippen molar-refractivity contribution in [1.82, 2.24) is 10.2 Å². The molecule has 0 aliphatic carbocycles. The molecule has 1 aliphatic rings. The van der Waals surface area contributed by atoms with Crippen molar-refractivity contribution in [3.63, 3.8) is 0 Å². The van der Waals surface area contributed by atoms with E-state index in [4.69, 9.17) is 4.74 Å². The highest BCUT2D eigenvalue weighted by atomic mass is 16.5. The predicted molar refractivity (Wildman–Crippen MR) is 120 cm³/mol. The van der Waals surface area contributed by atoms with E-state index in [1.54, 1.807) is 0 Å². The molecule has 5 heteroatoms. The van der Waals surface area contributed by atoms with Gasteiger partial charge in [0.05, 0.1) is 12.7 Å². The molecule has 1 aliphatic heterocycles. The molecule has 1 atom stereocenters. The lowest BCUT2D eigenvalue weighted by atomic mass is 10.1. The van der Waals surface area contributed by atoms with Crippen molar-refractivity contribution in [2.24, 2.45) is 0 Å². The highest BCUT2D eigenvalue weighted by Gasteiger charge is 2.21. The maximum Gasteiger partial charge on any atom is 0.319 e. The standard InChI is InChI=1S/C25H27N3O2/c29-25(27-23-13-11-22(12-14-23)21-9-5-2-6-10-21)26-17-24-19-28(15-16-30-24)18-20-7-3-1-4-8-20/h1-14,24H,15-19H2,(H2,26,27,29). The number of nitrogens with one attached hydrogen (secondary N) is 2. The molecule has 1 unspecified atom stereocenters. The van der Waals surface area contributed by atoms with Gasteiger partial charge in [-0.15, -0.1) is 0 Å². The number of amides is 2. The number of carbonyl (C=O) groups is 1. The Kier molecular flexibility index (Phi) is 6.75. The van der Waals surface area contributed by atoms with Crippen molar-refractivity contribution >= 4 is 11.7 Å². The molecule has 0 spiro atoms. The van der Waals surface area contributed by atoms with Gasteiger partial charge in [-0.25, -0.2) is 4.79 Å². The SMILES string of the molecule is O=C(NCC1CN(Cc2ccccc2)CCO1)Nc1ccc(-c2ccccc2)cc1. The van der Waals surface area contributed by atoms with Crippen molar-refractivity contribution in [3.05, 3.63) is 90.5 Å². The Morgan fingerprint density at radius 3 is 2.30 bits per heavy atom. The second kappa shape index (κ2) is 10.1. The summed E-state index contributed by atoms with van der Waals surface area (Å²) in [5, 5.41) is 5.82. The summed E-state index contributed by atoms with van der Waals surface area (Å²) in [5.74, 6) is 0. The minimum absolute atomic E-state index is 0.00586. The summed E-state index contributed by atoms with van der Waals surface area (Å²) in [6.45, 7) is 3.79. The van der Waals surface area contributed by atoms with E-state index in [2.05, 4.69) is 51.9 Å². The summed E-state index contributed by atoms with van der Waals surface area (Å²) in [6.07, 6.45) is -0.00586. The third-order valence-electron chi connectivity index (χ3n) is 5.21. The van der Waals surface area contributed by atoms with Gasteiger partial charge in [0.2, 0.25) is 0 Å². The molecule has 2 amide bonds. The van der Waals surface area contributed by atoms with Crippen LogP contribution in [-0.4, -0.2) is 43.3 Å². The molecule has 3 aromatic carbocycles. The zero-order valence-corrected chi connectivity index (χ0v) is 17.0. The van der Waals surface area contributed by atoms with Crippen LogP contribution in [0.2, 0.25) is 0 Å². The fraction of sp³-hybridized carbons (Fsp3) is 0.240. The lowest BCUT2D eigenvalue weighted by Crippen LogP contribution is -2.47. The first-order chi connectivity index (χ1) is 14.8. The number of benzene rings is 3. The fourth-order valence-corrected chi connectivity index (χ4v) is 3.65. The third kappa shape index (κ3) is 5.69. The summed E-state index contributed by atoms with van der Waals surface area (Å²) in [5.41, 5.74) is 4.34. The van der Waals surface area contributed by atoms with E-state index < -0.39 is 0 Å². The van der Waals surface area contributed by atoms with Crippen LogP contribution in [0.15, 0.2) is 84.9 Å². The highest BCUT2D eigenvalue weighted by Crippen LogP contribution is 2.21. The second-order valence-electron chi connectivity index (χ2n) is 7.49. The zero-order chi connectivity index (χ0) is 20.6. The van der Waals surface area contributed by atoms with Gasteiger partial charge >= 0.3 is 6.03 Å². The third-order valence-corrected chi connectivity index (χ3v) is 5.21. The van der Waals surface area contributed by atoms with Crippen LogP contribution in [-0.2, 0) is 11.3 Å². The molecule has 0 aromatic heterocycles. The minimum atomic E-state index is -0.216. The number of ether oxygens (including phenoxy) is 1. The second-order valence-corrected chi connectivity index (χ2v) is 7.49. The predicted octanol–water partition coefficient (Wildman–Crippen LogP) is 4.38. The molecule has 2 N–H and O–H groups in total. The molecule has 0 bridgehead atoms. The van der Waals surface area contributed by atoms with Crippen molar-refractivity contribution in [2.45, 2.75) is 12.6 Å². The van der Waals surface area contributed by atoms with Crippen LogP contribution in [0.25, 0.3) is 11.1 Å². The summed E-state index contributed by atoms with van der Waals surface area (Å²) in [7, 11) is 0. The van der Waals surface area contributed by atoms with Crippen LogP contribution in [0, 0.1) is 0 Å². The maximum absolute atomic E-state index is 12.3. The van der Waals surface area contributed by atoms with Crippen molar-refractivity contribution in [3.8, 4) is 11.1 Å². The smallest absolute Gasteiger partial charge is 0.319 e. The van der Waals surface area contributed by atoms with Crippen LogP contribution >= 0.6 is 0 Å². The Morgan fingerprint density at radius 1 is 0.900 bits per heavy atom. The highest BCUT2D eigenvalue weighted by molar-refractivity contribution is 5.89. The molecule has 1 fully saturated rings. The van der Waals surface area contributed by atoms with Gasteiger partial charge in [-0.3, -0.25) is 4.90 Å². The van der Waals surface area contributed by atoms with Gasteiger partial charge in [-0.2, -0.15) is 0 Å². The number of anilines is 1. The minimum Gasteiger partial charge on any atom is -0.374 e. The lowest BCUT2D eigenvalue weighted by Gasteiger charge is -2.33. The van der Waals surface area contributed by atoms with Crippen LogP contribution < -0.4 is 10.6 Å². The van der Waals surface area contributed by atoms with E-state index in [0.717, 1.165) is 36.4 Å². The molecular formula is C25H27N3O2. The molecule has 5 nitrogen and oxygen atoms in total. The van der Waals surface area contributed by atoms with Crippen LogP contribution in [0.5, 0.6) is 0 Å². The topological polar surface area (TPSA) is 53.6 Å². The van der Waals surface area contributed by atoms with Gasteiger partial charge in [0.25, 0.3) is 0 Å². The lowest BCUT2D eigenvalue weighted by molar-refractivity contribution is -0.0285. The first kappa shape index (κ1) is 20.1. The van der Waals surface area contributed by atoms with Gasteiger partial charge in [0.1, 0.15) is 0 Å². The number of urea groups is 1. The first-order valence-electron chi connectivity index (χ1n) is 10.3. The van der Waals surface area contributed by atoms with E-state index >= 15 is 0 Å². The Balaban J connectivity index is 1.23. The number of nitrogens with zero attached hydrogens (tertiary/aromatic N) is 1. The Bertz CT molecular complexity index is 930. The van der Waals surface area contributed by atoms with Gasteiger partial charge in [-0.05, 0) is 28.8 Å². The van der Waals surface area contributed by atoms with E-state index in [0.29, 0.717) is 13.2 Å². The van der Waals surface area contributed by atoms with E-state index in [-0.39, 0.29) is 12.1 Å². The zero-order valence-electron chi connectivity index (χ0n) is 17.0. The Morgan fingerprint density at radius 2 is 1.57 bits per heavy atom. The average molecular weight is 402 g/mol. The summed E-state index contributed by atoms with van der Waals surface area (Å²) in [4.78, 5) is 14.7. The number of carbonyl (C=O) groups excluding carboxylic acids is 1. The summed E-state index contributed by atoms with van der Waals surface area (Å²) >= 11 is 0. The van der Waals surface area contributed by atoms with Crippen molar-refractivity contribution < 1.29 is 9.53 Å². The Hall–Kier alpha value is -3.15.